The van der Waals surface area contributed by atoms with Gasteiger partial charge in [0.25, 0.3) is 0 Å². The number of aliphatic hydroxyl groups excluding tert-OH is 1. The minimum absolute atomic E-state index is 0.323. The molecule has 1 fully saturated rings. The van der Waals surface area contributed by atoms with Gasteiger partial charge in [-0.2, -0.15) is 0 Å². The van der Waals surface area contributed by atoms with Gasteiger partial charge in [0.05, 0.1) is 34.9 Å². The lowest BCUT2D eigenvalue weighted by atomic mass is 9.84. The summed E-state index contributed by atoms with van der Waals surface area (Å²) in [4.78, 5) is 4.12. The van der Waals surface area contributed by atoms with E-state index in [1.54, 1.807) is 12.5 Å². The molecule has 0 radical (unpaired) electrons. The van der Waals surface area contributed by atoms with Crippen molar-refractivity contribution < 1.29 is 5.11 Å². The normalized spacial score (nSPS) is 19.2. The molecule has 2 heterocycles. The molecule has 18 heavy (non-hydrogen) atoms. The van der Waals surface area contributed by atoms with E-state index in [-0.39, 0.29) is 0 Å². The zero-order valence-electron chi connectivity index (χ0n) is 10.2. The maximum absolute atomic E-state index is 10.6. The van der Waals surface area contributed by atoms with Crippen LogP contribution in [0.1, 0.15) is 43.9 Å². The fraction of sp³-hybridized carbons (Fsp3) is 0.500. The van der Waals surface area contributed by atoms with Gasteiger partial charge < -0.3 is 5.11 Å². The number of hydrogen-bond donors (Lipinski definition) is 1. The van der Waals surface area contributed by atoms with Crippen LogP contribution in [-0.2, 0) is 0 Å². The first-order chi connectivity index (χ1) is 8.77. The molecule has 4 heteroatoms. The molecule has 1 saturated carbocycles. The highest BCUT2D eigenvalue weighted by Gasteiger charge is 2.26. The molecule has 0 saturated heterocycles. The Hall–Kier alpha value is -1.06. The van der Waals surface area contributed by atoms with Crippen molar-refractivity contribution >= 4 is 17.1 Å². The van der Waals surface area contributed by atoms with Crippen molar-refractivity contribution in [3.05, 3.63) is 35.4 Å². The van der Waals surface area contributed by atoms with E-state index in [1.807, 2.05) is 16.5 Å². The summed E-state index contributed by atoms with van der Waals surface area (Å²) in [5, 5.41) is 11.2. The topological polar surface area (TPSA) is 37.5 Å². The highest BCUT2D eigenvalue weighted by Crippen LogP contribution is 2.37. The van der Waals surface area contributed by atoms with Gasteiger partial charge in [-0.3, -0.25) is 4.40 Å². The van der Waals surface area contributed by atoms with E-state index >= 15 is 0 Å². The summed E-state index contributed by atoms with van der Waals surface area (Å²) in [5.74, 6) is 0.323. The van der Waals surface area contributed by atoms with Gasteiger partial charge in [0.2, 0.25) is 0 Å². The standard InChI is InChI=1S/C14H17ClN2O/c15-12-7-6-11-8-16-9-17(11)13(12)14(18)10-4-2-1-3-5-10/h6-10,14,18H,1-5H2. The van der Waals surface area contributed by atoms with Crippen LogP contribution in [0.5, 0.6) is 0 Å². The number of nitrogens with zero attached hydrogens (tertiary/aromatic N) is 2. The van der Waals surface area contributed by atoms with Gasteiger partial charge >= 0.3 is 0 Å². The van der Waals surface area contributed by atoms with Crippen LogP contribution < -0.4 is 0 Å². The van der Waals surface area contributed by atoms with Gasteiger partial charge in [-0.15, -0.1) is 0 Å². The fourth-order valence-electron chi connectivity index (χ4n) is 2.95. The minimum atomic E-state index is -0.490. The third-order valence-corrected chi connectivity index (χ3v) is 4.27. The van der Waals surface area contributed by atoms with Crippen LogP contribution in [-0.4, -0.2) is 14.5 Å². The van der Waals surface area contributed by atoms with Crippen LogP contribution in [0.4, 0.5) is 0 Å². The van der Waals surface area contributed by atoms with Gasteiger partial charge in [-0.25, -0.2) is 4.98 Å². The largest absolute Gasteiger partial charge is 0.387 e. The Labute approximate surface area is 111 Å². The third-order valence-electron chi connectivity index (χ3n) is 3.95. The lowest BCUT2D eigenvalue weighted by Crippen LogP contribution is -2.18. The second-order valence-corrected chi connectivity index (χ2v) is 5.51. The highest BCUT2D eigenvalue weighted by molar-refractivity contribution is 6.31. The first-order valence-corrected chi connectivity index (χ1v) is 6.93. The quantitative estimate of drug-likeness (QED) is 0.900. The number of rotatable bonds is 2. The Morgan fingerprint density at radius 2 is 2.06 bits per heavy atom. The number of aliphatic hydroxyl groups is 1. The highest BCUT2D eigenvalue weighted by atomic mass is 35.5. The molecule has 1 N–H and O–H groups in total. The molecule has 0 spiro atoms. The molecule has 2 aromatic rings. The van der Waals surface area contributed by atoms with Crippen LogP contribution in [0.25, 0.3) is 5.52 Å². The van der Waals surface area contributed by atoms with Crippen molar-refractivity contribution in [2.24, 2.45) is 5.92 Å². The number of pyridine rings is 1. The Bertz CT molecular complexity index is 546. The summed E-state index contributed by atoms with van der Waals surface area (Å²) >= 11 is 6.27. The number of halogens is 1. The van der Waals surface area contributed by atoms with Crippen molar-refractivity contribution in [3.63, 3.8) is 0 Å². The summed E-state index contributed by atoms with van der Waals surface area (Å²) in [6.07, 6.45) is 8.89. The van der Waals surface area contributed by atoms with Crippen LogP contribution in [0, 0.1) is 5.92 Å². The molecule has 96 valence electrons. The van der Waals surface area contributed by atoms with E-state index in [1.165, 1.54) is 19.3 Å². The van der Waals surface area contributed by atoms with E-state index in [9.17, 15) is 5.11 Å². The van der Waals surface area contributed by atoms with E-state index in [0.717, 1.165) is 24.1 Å². The van der Waals surface area contributed by atoms with Crippen molar-refractivity contribution in [2.75, 3.05) is 0 Å². The smallest absolute Gasteiger partial charge is 0.0995 e. The van der Waals surface area contributed by atoms with Crippen molar-refractivity contribution in [1.82, 2.24) is 9.38 Å². The average molecular weight is 265 g/mol. The monoisotopic (exact) mass is 264 g/mol. The van der Waals surface area contributed by atoms with E-state index in [2.05, 4.69) is 4.98 Å². The SMILES string of the molecule is OC(c1c(Cl)ccc2cncn12)C1CCCCC1. The molecular formula is C14H17ClN2O. The first kappa shape index (κ1) is 12.0. The van der Waals surface area contributed by atoms with Gasteiger partial charge in [0.1, 0.15) is 0 Å². The van der Waals surface area contributed by atoms with E-state index in [4.69, 9.17) is 11.6 Å². The van der Waals surface area contributed by atoms with Gasteiger partial charge in [0.15, 0.2) is 0 Å². The summed E-state index contributed by atoms with van der Waals surface area (Å²) in [6.45, 7) is 0. The molecule has 0 bridgehead atoms. The Morgan fingerprint density at radius 3 is 2.83 bits per heavy atom. The third kappa shape index (κ3) is 2.02. The van der Waals surface area contributed by atoms with Crippen molar-refractivity contribution in [1.29, 1.82) is 0 Å². The Morgan fingerprint density at radius 1 is 1.28 bits per heavy atom. The van der Waals surface area contributed by atoms with Crippen LogP contribution >= 0.6 is 11.6 Å². The molecule has 2 aromatic heterocycles. The molecule has 1 aliphatic rings. The first-order valence-electron chi connectivity index (χ1n) is 6.56. The molecule has 1 atom stereocenters. The molecule has 0 aromatic carbocycles. The van der Waals surface area contributed by atoms with Gasteiger partial charge in [0, 0.05) is 0 Å². The van der Waals surface area contributed by atoms with Crippen LogP contribution in [0.15, 0.2) is 24.7 Å². The molecule has 3 rings (SSSR count). The number of imidazole rings is 1. The number of fused-ring (bicyclic) bond motifs is 1. The maximum Gasteiger partial charge on any atom is 0.0995 e. The second kappa shape index (κ2) is 4.90. The molecule has 0 aliphatic heterocycles. The number of hydrogen-bond acceptors (Lipinski definition) is 2. The maximum atomic E-state index is 10.6. The van der Waals surface area contributed by atoms with Crippen LogP contribution in [0.3, 0.4) is 0 Å². The predicted molar refractivity (Wildman–Crippen MR) is 71.7 cm³/mol. The number of aromatic nitrogens is 2. The lowest BCUT2D eigenvalue weighted by molar-refractivity contribution is 0.0802. The fourth-order valence-corrected chi connectivity index (χ4v) is 3.21. The summed E-state index contributed by atoms with van der Waals surface area (Å²) in [6, 6.07) is 3.77. The zero-order valence-corrected chi connectivity index (χ0v) is 11.0. The zero-order chi connectivity index (χ0) is 12.5. The predicted octanol–water partition coefficient (Wildman–Crippen LogP) is 3.60. The lowest BCUT2D eigenvalue weighted by Gasteiger charge is -2.27. The molecule has 3 nitrogen and oxygen atoms in total. The minimum Gasteiger partial charge on any atom is -0.387 e. The Balaban J connectivity index is 2.01. The van der Waals surface area contributed by atoms with E-state index < -0.39 is 6.10 Å². The molecule has 1 unspecified atom stereocenters. The molecule has 0 amide bonds. The average Bonchev–Trinajstić information content (AvgIpc) is 2.87. The molecular weight excluding hydrogens is 248 g/mol. The summed E-state index contributed by atoms with van der Waals surface area (Å²) < 4.78 is 1.90. The van der Waals surface area contributed by atoms with Gasteiger partial charge in [-0.05, 0) is 30.9 Å². The molecule has 1 aliphatic carbocycles. The summed E-state index contributed by atoms with van der Waals surface area (Å²) in [5.41, 5.74) is 1.77. The van der Waals surface area contributed by atoms with Crippen molar-refractivity contribution in [3.8, 4) is 0 Å². The van der Waals surface area contributed by atoms with Crippen molar-refractivity contribution in [2.45, 2.75) is 38.2 Å². The summed E-state index contributed by atoms with van der Waals surface area (Å²) in [7, 11) is 0. The van der Waals surface area contributed by atoms with E-state index in [0.29, 0.717) is 10.9 Å². The Kier molecular flexibility index (Phi) is 3.27. The second-order valence-electron chi connectivity index (χ2n) is 5.10. The van der Waals surface area contributed by atoms with Crippen LogP contribution in [0.2, 0.25) is 5.02 Å². The van der Waals surface area contributed by atoms with Gasteiger partial charge in [-0.1, -0.05) is 30.9 Å².